The highest BCUT2D eigenvalue weighted by molar-refractivity contribution is 6.35. The van der Waals surface area contributed by atoms with Crippen LogP contribution in [0.4, 0.5) is 11.6 Å². The van der Waals surface area contributed by atoms with Crippen LogP contribution in [0.2, 0.25) is 10.0 Å². The molecule has 0 bridgehead atoms. The number of ether oxygens (including phenoxy) is 1. The number of hydrogen-bond acceptors (Lipinski definition) is 3. The van der Waals surface area contributed by atoms with Crippen molar-refractivity contribution in [3.8, 4) is 0 Å². The van der Waals surface area contributed by atoms with Crippen LogP contribution in [-0.2, 0) is 11.3 Å². The molecular formula is C15H19Cl2N3O. The maximum atomic E-state index is 6.26. The zero-order chi connectivity index (χ0) is 15.4. The Bertz CT molecular complexity index is 626. The summed E-state index contributed by atoms with van der Waals surface area (Å²) in [6.07, 6.45) is 2.92. The van der Waals surface area contributed by atoms with Crippen molar-refractivity contribution in [2.75, 3.05) is 19.0 Å². The fraction of sp³-hybridized carbons (Fsp3) is 0.400. The number of rotatable bonds is 6. The third kappa shape index (κ3) is 4.13. The lowest BCUT2D eigenvalue weighted by molar-refractivity contribution is 0.190. The number of methoxy groups -OCH3 is 1. The van der Waals surface area contributed by atoms with E-state index in [1.165, 1.54) is 0 Å². The standard InChI is InChI=1S/C15H19Cl2N3O/c1-10-7-13(17)14(8-12(10)16)19-15-18-11(2)9-20(15)5-4-6-21-3/h7-9H,4-6H2,1-3H3,(H,18,19). The van der Waals surface area contributed by atoms with Crippen LogP contribution in [0.25, 0.3) is 0 Å². The van der Waals surface area contributed by atoms with Gasteiger partial charge in [-0.05, 0) is 38.0 Å². The second-order valence-corrected chi connectivity index (χ2v) is 5.77. The predicted octanol–water partition coefficient (Wildman–Crippen LogP) is 4.59. The first kappa shape index (κ1) is 16.1. The summed E-state index contributed by atoms with van der Waals surface area (Å²) >= 11 is 12.4. The van der Waals surface area contributed by atoms with Crippen molar-refractivity contribution in [2.45, 2.75) is 26.8 Å². The van der Waals surface area contributed by atoms with Crippen LogP contribution in [0.1, 0.15) is 17.7 Å². The Morgan fingerprint density at radius 1 is 1.24 bits per heavy atom. The van der Waals surface area contributed by atoms with Crippen molar-refractivity contribution in [3.05, 3.63) is 39.6 Å². The van der Waals surface area contributed by atoms with Gasteiger partial charge in [-0.15, -0.1) is 0 Å². The van der Waals surface area contributed by atoms with E-state index in [2.05, 4.69) is 14.9 Å². The fourth-order valence-corrected chi connectivity index (χ4v) is 2.49. The molecule has 1 aromatic heterocycles. The van der Waals surface area contributed by atoms with Gasteiger partial charge in [0.05, 0.1) is 16.4 Å². The number of anilines is 2. The first-order chi connectivity index (χ1) is 10.0. The molecular weight excluding hydrogens is 309 g/mol. The van der Waals surface area contributed by atoms with Gasteiger partial charge in [0.1, 0.15) is 0 Å². The van der Waals surface area contributed by atoms with Crippen LogP contribution in [-0.4, -0.2) is 23.3 Å². The summed E-state index contributed by atoms with van der Waals surface area (Å²) in [6, 6.07) is 3.67. The molecule has 1 N–H and O–H groups in total. The van der Waals surface area contributed by atoms with Gasteiger partial charge in [0.15, 0.2) is 0 Å². The predicted molar refractivity (Wildman–Crippen MR) is 87.9 cm³/mol. The van der Waals surface area contributed by atoms with Gasteiger partial charge in [0.2, 0.25) is 5.95 Å². The second-order valence-electron chi connectivity index (χ2n) is 4.95. The molecule has 0 saturated carbocycles. The number of nitrogens with zero attached hydrogens (tertiary/aromatic N) is 2. The molecule has 0 fully saturated rings. The van der Waals surface area contributed by atoms with Crippen LogP contribution in [0.3, 0.4) is 0 Å². The van der Waals surface area contributed by atoms with E-state index in [1.54, 1.807) is 7.11 Å². The van der Waals surface area contributed by atoms with Gasteiger partial charge in [-0.1, -0.05) is 23.2 Å². The molecule has 2 rings (SSSR count). The topological polar surface area (TPSA) is 39.1 Å². The third-order valence-corrected chi connectivity index (χ3v) is 3.86. The van der Waals surface area contributed by atoms with Crippen LogP contribution in [0.5, 0.6) is 0 Å². The number of imidazole rings is 1. The molecule has 0 radical (unpaired) electrons. The average molecular weight is 328 g/mol. The first-order valence-corrected chi connectivity index (χ1v) is 7.52. The van der Waals surface area contributed by atoms with Gasteiger partial charge in [-0.2, -0.15) is 0 Å². The molecule has 0 aliphatic carbocycles. The van der Waals surface area contributed by atoms with Crippen LogP contribution in [0, 0.1) is 13.8 Å². The molecule has 114 valence electrons. The first-order valence-electron chi connectivity index (χ1n) is 6.76. The maximum absolute atomic E-state index is 6.26. The third-order valence-electron chi connectivity index (χ3n) is 3.14. The summed E-state index contributed by atoms with van der Waals surface area (Å²) in [5.41, 5.74) is 2.65. The molecule has 1 heterocycles. The lowest BCUT2D eigenvalue weighted by Gasteiger charge is -2.12. The van der Waals surface area contributed by atoms with E-state index in [4.69, 9.17) is 27.9 Å². The molecule has 2 aromatic rings. The van der Waals surface area contributed by atoms with Crippen molar-refractivity contribution >= 4 is 34.8 Å². The lowest BCUT2D eigenvalue weighted by atomic mass is 10.2. The smallest absolute Gasteiger partial charge is 0.207 e. The normalized spacial score (nSPS) is 10.9. The molecule has 6 heteroatoms. The van der Waals surface area contributed by atoms with E-state index in [-0.39, 0.29) is 0 Å². The van der Waals surface area contributed by atoms with Crippen LogP contribution >= 0.6 is 23.2 Å². The molecule has 0 amide bonds. The second kappa shape index (κ2) is 7.16. The Balaban J connectivity index is 2.21. The summed E-state index contributed by atoms with van der Waals surface area (Å²) in [7, 11) is 1.70. The fourth-order valence-electron chi connectivity index (χ4n) is 2.06. The lowest BCUT2D eigenvalue weighted by Crippen LogP contribution is -2.05. The minimum absolute atomic E-state index is 0.626. The summed E-state index contributed by atoms with van der Waals surface area (Å²) in [5.74, 6) is 0.755. The summed E-state index contributed by atoms with van der Waals surface area (Å²) in [6.45, 7) is 5.43. The van der Waals surface area contributed by atoms with Gasteiger partial charge in [-0.3, -0.25) is 0 Å². The van der Waals surface area contributed by atoms with Crippen molar-refractivity contribution < 1.29 is 4.74 Å². The van der Waals surface area contributed by atoms with Gasteiger partial charge in [0.25, 0.3) is 0 Å². The molecule has 21 heavy (non-hydrogen) atoms. The average Bonchev–Trinajstić information content (AvgIpc) is 2.76. The summed E-state index contributed by atoms with van der Waals surface area (Å²) < 4.78 is 7.14. The van der Waals surface area contributed by atoms with Gasteiger partial charge in [-0.25, -0.2) is 4.98 Å². The van der Waals surface area contributed by atoms with Gasteiger partial charge < -0.3 is 14.6 Å². The molecule has 0 saturated heterocycles. The summed E-state index contributed by atoms with van der Waals surface area (Å²) in [4.78, 5) is 4.49. The van der Waals surface area contributed by atoms with Crippen molar-refractivity contribution in [1.29, 1.82) is 0 Å². The van der Waals surface area contributed by atoms with E-state index in [0.29, 0.717) is 16.7 Å². The van der Waals surface area contributed by atoms with Crippen LogP contribution in [0.15, 0.2) is 18.3 Å². The van der Waals surface area contributed by atoms with Crippen molar-refractivity contribution in [2.24, 2.45) is 0 Å². The Morgan fingerprint density at radius 3 is 2.71 bits per heavy atom. The van der Waals surface area contributed by atoms with E-state index in [0.717, 1.165) is 35.9 Å². The van der Waals surface area contributed by atoms with E-state index in [1.807, 2.05) is 32.2 Å². The zero-order valence-electron chi connectivity index (χ0n) is 12.4. The van der Waals surface area contributed by atoms with E-state index >= 15 is 0 Å². The minimum Gasteiger partial charge on any atom is -0.385 e. The van der Waals surface area contributed by atoms with Gasteiger partial charge >= 0.3 is 0 Å². The monoisotopic (exact) mass is 327 g/mol. The van der Waals surface area contributed by atoms with Gasteiger partial charge in [0, 0.05) is 31.5 Å². The Kier molecular flexibility index (Phi) is 5.51. The molecule has 0 unspecified atom stereocenters. The maximum Gasteiger partial charge on any atom is 0.207 e. The Morgan fingerprint density at radius 2 is 2.00 bits per heavy atom. The number of hydrogen-bond donors (Lipinski definition) is 1. The van der Waals surface area contributed by atoms with Crippen molar-refractivity contribution in [3.63, 3.8) is 0 Å². The molecule has 4 nitrogen and oxygen atoms in total. The SMILES string of the molecule is COCCCn1cc(C)nc1Nc1cc(Cl)c(C)cc1Cl. The van der Waals surface area contributed by atoms with E-state index in [9.17, 15) is 0 Å². The quantitative estimate of drug-likeness (QED) is 0.789. The molecule has 0 spiro atoms. The number of aromatic nitrogens is 2. The van der Waals surface area contributed by atoms with E-state index < -0.39 is 0 Å². The highest BCUT2D eigenvalue weighted by Crippen LogP contribution is 2.30. The Labute approximate surface area is 135 Å². The molecule has 0 atom stereocenters. The molecule has 1 aromatic carbocycles. The minimum atomic E-state index is 0.626. The Hall–Kier alpha value is -1.23. The molecule has 0 aliphatic rings. The number of nitrogens with one attached hydrogen (secondary N) is 1. The number of halogens is 2. The van der Waals surface area contributed by atoms with Crippen molar-refractivity contribution in [1.82, 2.24) is 9.55 Å². The zero-order valence-corrected chi connectivity index (χ0v) is 13.9. The number of aryl methyl sites for hydroxylation is 3. The number of benzene rings is 1. The highest BCUT2D eigenvalue weighted by atomic mass is 35.5. The summed E-state index contributed by atoms with van der Waals surface area (Å²) in [5, 5.41) is 4.55. The molecule has 0 aliphatic heterocycles. The van der Waals surface area contributed by atoms with Crippen LogP contribution < -0.4 is 5.32 Å². The highest BCUT2D eigenvalue weighted by Gasteiger charge is 2.10. The largest absolute Gasteiger partial charge is 0.385 e.